The number of ether oxygens (including phenoxy) is 1. The zero-order valence-corrected chi connectivity index (χ0v) is 19.6. The van der Waals surface area contributed by atoms with E-state index >= 15 is 0 Å². The SMILES string of the molecule is O[C@H]1CCN(Cc2cccc(OC[C@@H]3CC[C@@H]4CN(c5noc6ccccc56)CCN4C3)n2)C1. The lowest BCUT2D eigenvalue weighted by atomic mass is 9.91. The topological polar surface area (TPSA) is 78.1 Å². The number of aromatic nitrogens is 2. The van der Waals surface area contributed by atoms with Crippen molar-refractivity contribution in [3.05, 3.63) is 48.2 Å². The number of likely N-dealkylation sites (tertiary alicyclic amines) is 1. The van der Waals surface area contributed by atoms with Crippen LogP contribution in [0, 0.1) is 5.92 Å². The Hall–Kier alpha value is -2.68. The van der Waals surface area contributed by atoms with Crippen molar-refractivity contribution in [2.45, 2.75) is 38.0 Å². The van der Waals surface area contributed by atoms with Gasteiger partial charge in [-0.3, -0.25) is 9.80 Å². The predicted molar refractivity (Wildman–Crippen MR) is 130 cm³/mol. The molecule has 6 rings (SSSR count). The minimum Gasteiger partial charge on any atom is -0.477 e. The summed E-state index contributed by atoms with van der Waals surface area (Å²) in [7, 11) is 0. The van der Waals surface area contributed by atoms with Crippen LogP contribution in [-0.4, -0.2) is 83.1 Å². The zero-order valence-electron chi connectivity index (χ0n) is 19.6. The number of rotatable bonds is 6. The van der Waals surface area contributed by atoms with Crippen LogP contribution in [0.25, 0.3) is 11.0 Å². The summed E-state index contributed by atoms with van der Waals surface area (Å²) < 4.78 is 11.7. The molecule has 0 aliphatic carbocycles. The monoisotopic (exact) mass is 463 g/mol. The molecule has 3 aliphatic rings. The molecule has 1 aromatic carbocycles. The van der Waals surface area contributed by atoms with Crippen LogP contribution in [0.4, 0.5) is 5.82 Å². The Labute approximate surface area is 200 Å². The molecule has 180 valence electrons. The van der Waals surface area contributed by atoms with Crippen molar-refractivity contribution in [2.24, 2.45) is 5.92 Å². The van der Waals surface area contributed by atoms with Gasteiger partial charge < -0.3 is 19.3 Å². The van der Waals surface area contributed by atoms with Crippen molar-refractivity contribution in [3.8, 4) is 5.88 Å². The Morgan fingerprint density at radius 2 is 1.91 bits per heavy atom. The molecule has 0 spiro atoms. The molecular weight excluding hydrogens is 430 g/mol. The van der Waals surface area contributed by atoms with Gasteiger partial charge in [-0.15, -0.1) is 0 Å². The first-order chi connectivity index (χ1) is 16.7. The molecule has 8 nitrogen and oxygen atoms in total. The number of piperazine rings is 1. The molecule has 0 unspecified atom stereocenters. The summed E-state index contributed by atoms with van der Waals surface area (Å²) >= 11 is 0. The van der Waals surface area contributed by atoms with E-state index in [0.29, 0.717) is 24.4 Å². The Morgan fingerprint density at radius 3 is 2.82 bits per heavy atom. The zero-order chi connectivity index (χ0) is 22.9. The fourth-order valence-electron chi connectivity index (χ4n) is 5.70. The van der Waals surface area contributed by atoms with Crippen LogP contribution in [0.1, 0.15) is 25.0 Å². The van der Waals surface area contributed by atoms with Crippen molar-refractivity contribution in [1.29, 1.82) is 0 Å². The first-order valence-corrected chi connectivity index (χ1v) is 12.5. The summed E-state index contributed by atoms with van der Waals surface area (Å²) in [4.78, 5) is 12.0. The maximum atomic E-state index is 9.75. The molecule has 3 aliphatic heterocycles. The molecule has 0 radical (unpaired) electrons. The van der Waals surface area contributed by atoms with Gasteiger partial charge in [0.05, 0.1) is 23.8 Å². The number of aliphatic hydroxyl groups is 1. The third-order valence-electron chi connectivity index (χ3n) is 7.54. The van der Waals surface area contributed by atoms with E-state index in [-0.39, 0.29) is 6.10 Å². The van der Waals surface area contributed by atoms with Crippen LogP contribution in [0.5, 0.6) is 5.88 Å². The molecule has 0 bridgehead atoms. The second kappa shape index (κ2) is 9.52. The number of anilines is 1. The lowest BCUT2D eigenvalue weighted by molar-refractivity contribution is 0.0716. The van der Waals surface area contributed by atoms with Gasteiger partial charge in [-0.1, -0.05) is 23.4 Å². The van der Waals surface area contributed by atoms with Crippen molar-refractivity contribution in [3.63, 3.8) is 0 Å². The van der Waals surface area contributed by atoms with Gasteiger partial charge >= 0.3 is 0 Å². The van der Waals surface area contributed by atoms with Crippen LogP contribution in [-0.2, 0) is 6.54 Å². The molecule has 34 heavy (non-hydrogen) atoms. The lowest BCUT2D eigenvalue weighted by Gasteiger charge is -2.46. The van der Waals surface area contributed by atoms with E-state index in [1.807, 2.05) is 36.4 Å². The summed E-state index contributed by atoms with van der Waals surface area (Å²) in [5.74, 6) is 2.21. The van der Waals surface area contributed by atoms with E-state index in [1.54, 1.807) is 0 Å². The first kappa shape index (κ1) is 21.8. The molecule has 5 heterocycles. The number of piperidine rings is 1. The minimum atomic E-state index is -0.202. The summed E-state index contributed by atoms with van der Waals surface area (Å²) in [5, 5.41) is 15.2. The minimum absolute atomic E-state index is 0.202. The average Bonchev–Trinajstić information content (AvgIpc) is 3.48. The number of benzene rings is 1. The highest BCUT2D eigenvalue weighted by Crippen LogP contribution is 2.31. The summed E-state index contributed by atoms with van der Waals surface area (Å²) in [6.45, 7) is 7.22. The van der Waals surface area contributed by atoms with E-state index < -0.39 is 0 Å². The fourth-order valence-corrected chi connectivity index (χ4v) is 5.70. The summed E-state index contributed by atoms with van der Waals surface area (Å²) in [6, 6.07) is 14.7. The molecule has 0 saturated carbocycles. The van der Waals surface area contributed by atoms with E-state index in [9.17, 15) is 5.11 Å². The number of β-amino-alcohol motifs (C(OH)–C–C–N with tert-alkyl or cyclic N) is 1. The second-order valence-electron chi connectivity index (χ2n) is 10.00. The van der Waals surface area contributed by atoms with Crippen LogP contribution < -0.4 is 9.64 Å². The Morgan fingerprint density at radius 1 is 0.971 bits per heavy atom. The summed E-state index contributed by atoms with van der Waals surface area (Å²) in [5.41, 5.74) is 1.86. The van der Waals surface area contributed by atoms with Gasteiger partial charge in [0.25, 0.3) is 0 Å². The molecule has 1 N–H and O–H groups in total. The lowest BCUT2D eigenvalue weighted by Crippen LogP contribution is -2.57. The van der Waals surface area contributed by atoms with E-state index in [1.165, 1.54) is 12.8 Å². The van der Waals surface area contributed by atoms with Crippen molar-refractivity contribution >= 4 is 16.8 Å². The number of nitrogens with zero attached hydrogens (tertiary/aromatic N) is 5. The van der Waals surface area contributed by atoms with Gasteiger partial charge in [0.2, 0.25) is 5.88 Å². The molecule has 3 saturated heterocycles. The van der Waals surface area contributed by atoms with E-state index in [4.69, 9.17) is 14.2 Å². The van der Waals surface area contributed by atoms with Gasteiger partial charge in [0.15, 0.2) is 11.4 Å². The Balaban J connectivity index is 1.01. The van der Waals surface area contributed by atoms with Gasteiger partial charge in [-0.05, 0) is 37.5 Å². The van der Waals surface area contributed by atoms with Crippen LogP contribution >= 0.6 is 0 Å². The molecule has 3 atom stereocenters. The van der Waals surface area contributed by atoms with E-state index in [0.717, 1.165) is 74.7 Å². The molecule has 0 amide bonds. The van der Waals surface area contributed by atoms with Crippen molar-refractivity contribution < 1.29 is 14.4 Å². The number of hydrogen-bond donors (Lipinski definition) is 1. The second-order valence-corrected chi connectivity index (χ2v) is 10.00. The van der Waals surface area contributed by atoms with Gasteiger partial charge in [-0.25, -0.2) is 4.98 Å². The van der Waals surface area contributed by atoms with Crippen LogP contribution in [0.15, 0.2) is 47.0 Å². The fraction of sp³-hybridized carbons (Fsp3) is 0.538. The quantitative estimate of drug-likeness (QED) is 0.598. The summed E-state index contributed by atoms with van der Waals surface area (Å²) in [6.07, 6.45) is 2.99. The molecular formula is C26H33N5O3. The number of para-hydroxylation sites is 1. The van der Waals surface area contributed by atoms with Gasteiger partial charge in [0, 0.05) is 63.8 Å². The first-order valence-electron chi connectivity index (χ1n) is 12.5. The number of hydrogen-bond acceptors (Lipinski definition) is 8. The molecule has 3 aromatic rings. The predicted octanol–water partition coefficient (Wildman–Crippen LogP) is 2.77. The normalized spacial score (nSPS) is 26.1. The highest BCUT2D eigenvalue weighted by molar-refractivity contribution is 5.88. The maximum absolute atomic E-state index is 9.75. The van der Waals surface area contributed by atoms with Crippen LogP contribution in [0.2, 0.25) is 0 Å². The maximum Gasteiger partial charge on any atom is 0.213 e. The van der Waals surface area contributed by atoms with Crippen LogP contribution in [0.3, 0.4) is 0 Å². The third-order valence-corrected chi connectivity index (χ3v) is 7.54. The molecule has 3 fully saturated rings. The van der Waals surface area contributed by atoms with Crippen molar-refractivity contribution in [1.82, 2.24) is 19.9 Å². The average molecular weight is 464 g/mol. The highest BCUT2D eigenvalue weighted by atomic mass is 16.5. The molecule has 8 heteroatoms. The molecule has 2 aromatic heterocycles. The van der Waals surface area contributed by atoms with Gasteiger partial charge in [-0.2, -0.15) is 0 Å². The number of aliphatic hydroxyl groups excluding tert-OH is 1. The smallest absolute Gasteiger partial charge is 0.213 e. The Bertz CT molecular complexity index is 1120. The number of pyridine rings is 1. The standard InChI is InChI=1S/C26H33N5O3/c32-22-10-11-29(17-22)15-20-4-3-7-25(27-20)33-18-19-8-9-21-16-31(13-12-30(21)14-19)26-23-5-1-2-6-24(23)34-28-26/h1-7,19,21-22,32H,8-18H2/t19-,21-,22+/m1/s1. The van der Waals surface area contributed by atoms with E-state index in [2.05, 4.69) is 25.9 Å². The Kier molecular flexibility index (Phi) is 6.11. The van der Waals surface area contributed by atoms with Gasteiger partial charge in [0.1, 0.15) is 0 Å². The number of fused-ring (bicyclic) bond motifs is 2. The largest absolute Gasteiger partial charge is 0.477 e. The van der Waals surface area contributed by atoms with Crippen molar-refractivity contribution in [2.75, 3.05) is 50.8 Å². The third kappa shape index (κ3) is 4.62. The highest BCUT2D eigenvalue weighted by Gasteiger charge is 2.34.